The van der Waals surface area contributed by atoms with Crippen molar-refractivity contribution < 1.29 is 20.1 Å². The zero-order valence-corrected chi connectivity index (χ0v) is 11.2. The molecule has 2 aromatic carbocycles. The summed E-state index contributed by atoms with van der Waals surface area (Å²) >= 11 is 0. The summed E-state index contributed by atoms with van der Waals surface area (Å²) in [6.45, 7) is 1.69. The highest BCUT2D eigenvalue weighted by molar-refractivity contribution is 6.01. The van der Waals surface area contributed by atoms with Gasteiger partial charge < -0.3 is 15.3 Å². The number of carbonyl (C=O) groups excluding carboxylic acids is 1. The van der Waals surface area contributed by atoms with E-state index in [0.29, 0.717) is 5.71 Å². The molecule has 0 saturated carbocycles. The minimum atomic E-state index is -0.637. The van der Waals surface area contributed by atoms with E-state index < -0.39 is 5.91 Å². The molecule has 2 rings (SSSR count). The largest absolute Gasteiger partial charge is 0.508 e. The summed E-state index contributed by atoms with van der Waals surface area (Å²) in [5, 5.41) is 32.0. The van der Waals surface area contributed by atoms with Gasteiger partial charge in [-0.15, -0.1) is 0 Å². The van der Waals surface area contributed by atoms with E-state index in [-0.39, 0.29) is 22.8 Å². The van der Waals surface area contributed by atoms with Crippen LogP contribution in [0, 0.1) is 0 Å². The lowest BCUT2D eigenvalue weighted by molar-refractivity contribution is 0.0951. The lowest BCUT2D eigenvalue weighted by atomic mass is 10.1. The molecule has 21 heavy (non-hydrogen) atoms. The Morgan fingerprint density at radius 3 is 2.29 bits per heavy atom. The number of benzene rings is 2. The van der Waals surface area contributed by atoms with Crippen LogP contribution >= 0.6 is 0 Å². The van der Waals surface area contributed by atoms with Crippen LogP contribution in [0.1, 0.15) is 22.8 Å². The smallest absolute Gasteiger partial charge is 0.275 e. The van der Waals surface area contributed by atoms with Gasteiger partial charge in [0.05, 0.1) is 11.3 Å². The summed E-state index contributed by atoms with van der Waals surface area (Å²) in [7, 11) is 0. The van der Waals surface area contributed by atoms with Crippen molar-refractivity contribution in [3.8, 4) is 17.2 Å². The first-order valence-corrected chi connectivity index (χ1v) is 6.13. The molecule has 0 unspecified atom stereocenters. The average Bonchev–Trinajstić information content (AvgIpc) is 2.47. The second kappa shape index (κ2) is 5.96. The number of rotatable bonds is 3. The molecule has 0 saturated heterocycles. The third-order valence-corrected chi connectivity index (χ3v) is 2.83. The Morgan fingerprint density at radius 2 is 1.62 bits per heavy atom. The summed E-state index contributed by atoms with van der Waals surface area (Å²) in [4.78, 5) is 11.9. The van der Waals surface area contributed by atoms with Gasteiger partial charge in [0.15, 0.2) is 0 Å². The number of nitrogens with zero attached hydrogens (tertiary/aromatic N) is 1. The lowest BCUT2D eigenvalue weighted by Crippen LogP contribution is -2.19. The third-order valence-electron chi connectivity index (χ3n) is 2.83. The molecule has 6 heteroatoms. The zero-order chi connectivity index (χ0) is 15.4. The Balaban J connectivity index is 2.14. The van der Waals surface area contributed by atoms with Gasteiger partial charge in [0.2, 0.25) is 0 Å². The first-order chi connectivity index (χ1) is 9.97. The van der Waals surface area contributed by atoms with Crippen LogP contribution in [-0.2, 0) is 0 Å². The number of carbonyl (C=O) groups is 1. The van der Waals surface area contributed by atoms with Gasteiger partial charge in [0.25, 0.3) is 5.91 Å². The van der Waals surface area contributed by atoms with Gasteiger partial charge in [-0.3, -0.25) is 4.79 Å². The van der Waals surface area contributed by atoms with Crippen molar-refractivity contribution in [2.75, 3.05) is 0 Å². The molecule has 0 spiro atoms. The first-order valence-electron chi connectivity index (χ1n) is 6.13. The van der Waals surface area contributed by atoms with Crippen molar-refractivity contribution in [1.82, 2.24) is 5.43 Å². The van der Waals surface area contributed by atoms with Crippen LogP contribution in [0.2, 0.25) is 0 Å². The number of nitrogens with one attached hydrogen (secondary N) is 1. The molecule has 0 aliphatic carbocycles. The van der Waals surface area contributed by atoms with Crippen LogP contribution in [-0.4, -0.2) is 26.9 Å². The zero-order valence-electron chi connectivity index (χ0n) is 11.2. The Morgan fingerprint density at radius 1 is 1.00 bits per heavy atom. The lowest BCUT2D eigenvalue weighted by Gasteiger charge is -2.05. The van der Waals surface area contributed by atoms with Crippen molar-refractivity contribution in [1.29, 1.82) is 0 Å². The molecule has 108 valence electrons. The van der Waals surface area contributed by atoms with Gasteiger partial charge >= 0.3 is 0 Å². The minimum Gasteiger partial charge on any atom is -0.508 e. The van der Waals surface area contributed by atoms with Crippen LogP contribution in [0.25, 0.3) is 0 Å². The number of hydrogen-bond donors (Lipinski definition) is 4. The molecule has 0 radical (unpaired) electrons. The SMILES string of the molecule is CC(=NNC(=O)c1cc(O)ccc1O)c1ccc(O)cc1. The number of phenols is 3. The highest BCUT2D eigenvalue weighted by atomic mass is 16.3. The van der Waals surface area contributed by atoms with E-state index in [9.17, 15) is 20.1 Å². The van der Waals surface area contributed by atoms with Crippen molar-refractivity contribution in [3.63, 3.8) is 0 Å². The number of hydrazone groups is 1. The maximum Gasteiger partial charge on any atom is 0.275 e. The van der Waals surface area contributed by atoms with Crippen LogP contribution in [0.4, 0.5) is 0 Å². The van der Waals surface area contributed by atoms with Crippen molar-refractivity contribution in [2.24, 2.45) is 5.10 Å². The Labute approximate surface area is 121 Å². The predicted molar refractivity (Wildman–Crippen MR) is 77.6 cm³/mol. The molecule has 6 nitrogen and oxygen atoms in total. The summed E-state index contributed by atoms with van der Waals surface area (Å²) < 4.78 is 0. The van der Waals surface area contributed by atoms with Crippen molar-refractivity contribution >= 4 is 11.6 Å². The Hall–Kier alpha value is -3.02. The van der Waals surface area contributed by atoms with E-state index >= 15 is 0 Å². The minimum absolute atomic E-state index is 0.0720. The molecule has 0 bridgehead atoms. The van der Waals surface area contributed by atoms with E-state index in [1.165, 1.54) is 24.3 Å². The van der Waals surface area contributed by atoms with Gasteiger partial charge in [0, 0.05) is 0 Å². The normalized spacial score (nSPS) is 11.2. The summed E-state index contributed by atoms with van der Waals surface area (Å²) in [5.74, 6) is -0.873. The molecule has 0 aliphatic heterocycles. The van der Waals surface area contributed by atoms with Crippen LogP contribution in [0.15, 0.2) is 47.6 Å². The number of hydrogen-bond acceptors (Lipinski definition) is 5. The molecule has 0 aromatic heterocycles. The standard InChI is InChI=1S/C15H14N2O4/c1-9(10-2-4-11(18)5-3-10)16-17-15(21)13-8-12(19)6-7-14(13)20/h2-8,18-20H,1H3,(H,17,21). The van der Waals surface area contributed by atoms with E-state index in [1.54, 1.807) is 19.1 Å². The molecule has 4 N–H and O–H groups in total. The fourth-order valence-electron chi connectivity index (χ4n) is 1.67. The molecular formula is C15H14N2O4. The third kappa shape index (κ3) is 3.50. The topological polar surface area (TPSA) is 102 Å². The van der Waals surface area contributed by atoms with Crippen LogP contribution < -0.4 is 5.43 Å². The summed E-state index contributed by atoms with van der Waals surface area (Å²) in [6.07, 6.45) is 0. The average molecular weight is 286 g/mol. The fourth-order valence-corrected chi connectivity index (χ4v) is 1.67. The molecule has 0 aliphatic rings. The van der Waals surface area contributed by atoms with Crippen molar-refractivity contribution in [3.05, 3.63) is 53.6 Å². The van der Waals surface area contributed by atoms with E-state index in [1.807, 2.05) is 0 Å². The maximum absolute atomic E-state index is 11.9. The molecular weight excluding hydrogens is 272 g/mol. The highest BCUT2D eigenvalue weighted by Crippen LogP contribution is 2.21. The van der Waals surface area contributed by atoms with Crippen molar-refractivity contribution in [2.45, 2.75) is 6.92 Å². The number of aromatic hydroxyl groups is 3. The van der Waals surface area contributed by atoms with Crippen LogP contribution in [0.5, 0.6) is 17.2 Å². The molecule has 0 heterocycles. The number of amides is 1. The summed E-state index contributed by atoms with van der Waals surface area (Å²) in [5.41, 5.74) is 3.48. The second-order valence-corrected chi connectivity index (χ2v) is 4.39. The fraction of sp³-hybridized carbons (Fsp3) is 0.0667. The highest BCUT2D eigenvalue weighted by Gasteiger charge is 2.11. The molecule has 2 aromatic rings. The van der Waals surface area contributed by atoms with Gasteiger partial charge in [-0.2, -0.15) is 5.10 Å². The predicted octanol–water partition coefficient (Wildman–Crippen LogP) is 1.96. The van der Waals surface area contributed by atoms with Gasteiger partial charge in [-0.05, 0) is 55.0 Å². The van der Waals surface area contributed by atoms with Crippen LogP contribution in [0.3, 0.4) is 0 Å². The first kappa shape index (κ1) is 14.4. The van der Waals surface area contributed by atoms with E-state index in [2.05, 4.69) is 10.5 Å². The number of phenolic OH excluding ortho intramolecular Hbond substituents is 3. The molecule has 0 atom stereocenters. The maximum atomic E-state index is 11.9. The molecule has 0 fully saturated rings. The second-order valence-electron chi connectivity index (χ2n) is 4.39. The summed E-state index contributed by atoms with van der Waals surface area (Å²) in [6, 6.07) is 9.99. The quantitative estimate of drug-likeness (QED) is 0.393. The molecule has 1 amide bonds. The van der Waals surface area contributed by atoms with E-state index in [0.717, 1.165) is 11.6 Å². The van der Waals surface area contributed by atoms with E-state index in [4.69, 9.17) is 0 Å². The van der Waals surface area contributed by atoms with Gasteiger partial charge in [-0.1, -0.05) is 0 Å². The Bertz CT molecular complexity index is 693. The van der Waals surface area contributed by atoms with Gasteiger partial charge in [-0.25, -0.2) is 5.43 Å². The van der Waals surface area contributed by atoms with Gasteiger partial charge in [0.1, 0.15) is 17.2 Å². The Kier molecular flexibility index (Phi) is 4.08. The monoisotopic (exact) mass is 286 g/mol.